The Labute approximate surface area is 107 Å². The number of benzene rings is 1. The Morgan fingerprint density at radius 1 is 1.56 bits per heavy atom. The number of anilines is 1. The molecule has 1 aromatic heterocycles. The van der Waals surface area contributed by atoms with Crippen LogP contribution in [0.3, 0.4) is 0 Å². The largest absolute Gasteiger partial charge is 0.426 e. The average molecular weight is 269 g/mol. The van der Waals surface area contributed by atoms with Gasteiger partial charge < -0.3 is 5.32 Å². The molecule has 0 radical (unpaired) electrons. The summed E-state index contributed by atoms with van der Waals surface area (Å²) in [5.74, 6) is -0.294. The fourth-order valence-corrected chi connectivity index (χ4v) is 1.57. The summed E-state index contributed by atoms with van der Waals surface area (Å²) >= 11 is 5.94. The Morgan fingerprint density at radius 2 is 2.33 bits per heavy atom. The van der Waals surface area contributed by atoms with E-state index < -0.39 is 5.63 Å². The Kier molecular flexibility index (Phi) is 3.47. The van der Waals surface area contributed by atoms with Crippen molar-refractivity contribution in [1.29, 1.82) is 0 Å². The minimum absolute atomic E-state index is 0.0444. The van der Waals surface area contributed by atoms with Crippen LogP contribution in [0, 0.1) is 6.92 Å². The van der Waals surface area contributed by atoms with Crippen LogP contribution >= 0.6 is 11.6 Å². The third-order valence-electron chi connectivity index (χ3n) is 2.29. The van der Waals surface area contributed by atoms with Gasteiger partial charge in [-0.1, -0.05) is 22.3 Å². The molecule has 2 aromatic rings. The number of hydrogen-bond acceptors (Lipinski definition) is 3. The van der Waals surface area contributed by atoms with Crippen molar-refractivity contribution in [1.82, 2.24) is 5.27 Å². The minimum Gasteiger partial charge on any atom is -0.320 e. The zero-order valence-electron chi connectivity index (χ0n) is 9.57. The van der Waals surface area contributed by atoms with Crippen LogP contribution in [-0.2, 0) is 11.3 Å². The predicted molar refractivity (Wildman–Crippen MR) is 64.3 cm³/mol. The number of amides is 1. The van der Waals surface area contributed by atoms with Gasteiger partial charge in [0.25, 0.3) is 18.6 Å². The zero-order chi connectivity index (χ0) is 13.1. The molecular formula is C11H11ClN3O3+. The number of aromatic nitrogens is 2. The standard InChI is InChI=1S/C11H10ClN3O3/c1-7-2-3-8(4-9(7)12)13-10(16)5-15-6-11(17)18-14-15/h2-4,6H,5H2,1H3,(H-,13,14,16,17)/p+1. The zero-order valence-corrected chi connectivity index (χ0v) is 10.3. The number of hydrogen-bond donors (Lipinski definition) is 2. The Bertz CT molecular complexity index is 632. The Hall–Kier alpha value is -2.08. The molecule has 94 valence electrons. The van der Waals surface area contributed by atoms with Crippen molar-refractivity contribution in [3.8, 4) is 0 Å². The number of aryl methyl sites for hydroxylation is 1. The van der Waals surface area contributed by atoms with Gasteiger partial charge in [0.15, 0.2) is 0 Å². The molecule has 0 unspecified atom stereocenters. The van der Waals surface area contributed by atoms with Crippen molar-refractivity contribution < 1.29 is 14.0 Å². The van der Waals surface area contributed by atoms with Crippen LogP contribution in [0.5, 0.6) is 0 Å². The van der Waals surface area contributed by atoms with Crippen molar-refractivity contribution in [2.24, 2.45) is 0 Å². The molecule has 18 heavy (non-hydrogen) atoms. The van der Waals surface area contributed by atoms with Gasteiger partial charge in [0.2, 0.25) is 0 Å². The van der Waals surface area contributed by atoms with E-state index in [1.807, 2.05) is 13.0 Å². The fraction of sp³-hybridized carbons (Fsp3) is 0.182. The number of rotatable bonds is 3. The van der Waals surface area contributed by atoms with E-state index in [0.29, 0.717) is 10.7 Å². The van der Waals surface area contributed by atoms with Gasteiger partial charge in [0.05, 0.1) is 0 Å². The third-order valence-corrected chi connectivity index (χ3v) is 2.70. The van der Waals surface area contributed by atoms with Crippen LogP contribution < -0.4 is 15.6 Å². The minimum atomic E-state index is -0.541. The molecule has 7 heteroatoms. The normalized spacial score (nSPS) is 10.3. The fourth-order valence-electron chi connectivity index (χ4n) is 1.39. The molecule has 0 saturated heterocycles. The van der Waals surface area contributed by atoms with Gasteiger partial charge in [-0.15, -0.1) is 0 Å². The topological polar surface area (TPSA) is 79.0 Å². The van der Waals surface area contributed by atoms with E-state index in [9.17, 15) is 9.59 Å². The lowest BCUT2D eigenvalue weighted by Crippen LogP contribution is -2.41. The molecule has 6 nitrogen and oxygen atoms in total. The molecule has 2 rings (SSSR count). The van der Waals surface area contributed by atoms with Crippen LogP contribution in [0.2, 0.25) is 5.02 Å². The molecule has 0 spiro atoms. The van der Waals surface area contributed by atoms with Crippen LogP contribution in [0.4, 0.5) is 5.69 Å². The first-order valence-corrected chi connectivity index (χ1v) is 5.56. The molecule has 0 atom stereocenters. The molecular weight excluding hydrogens is 258 g/mol. The van der Waals surface area contributed by atoms with Crippen LogP contribution in [0.1, 0.15) is 5.56 Å². The molecule has 1 amide bonds. The molecule has 1 aromatic carbocycles. The first-order valence-electron chi connectivity index (χ1n) is 5.18. The van der Waals surface area contributed by atoms with Crippen molar-refractivity contribution in [3.05, 3.63) is 45.4 Å². The van der Waals surface area contributed by atoms with Gasteiger partial charge in [-0.3, -0.25) is 9.32 Å². The third kappa shape index (κ3) is 2.98. The van der Waals surface area contributed by atoms with Crippen LogP contribution in [-0.4, -0.2) is 11.2 Å². The summed E-state index contributed by atoms with van der Waals surface area (Å²) in [6.07, 6.45) is 1.15. The summed E-state index contributed by atoms with van der Waals surface area (Å²) < 4.78 is 5.68. The molecule has 2 N–H and O–H groups in total. The maximum absolute atomic E-state index is 11.6. The summed E-state index contributed by atoms with van der Waals surface area (Å²) in [5, 5.41) is 5.53. The number of carbonyl (C=O) groups is 1. The van der Waals surface area contributed by atoms with Gasteiger partial charge in [-0.2, -0.15) is 0 Å². The SMILES string of the molecule is Cc1ccc(NC(=O)C[n+]2cc(=O)o[nH]2)cc1Cl. The molecule has 0 aliphatic heterocycles. The van der Waals surface area contributed by atoms with E-state index in [1.54, 1.807) is 12.1 Å². The van der Waals surface area contributed by atoms with E-state index in [4.69, 9.17) is 11.6 Å². The summed E-state index contributed by atoms with van der Waals surface area (Å²) in [5.41, 5.74) is 0.992. The van der Waals surface area contributed by atoms with Gasteiger partial charge in [-0.25, -0.2) is 4.79 Å². The maximum atomic E-state index is 11.6. The molecule has 0 fully saturated rings. The molecule has 0 aliphatic rings. The lowest BCUT2D eigenvalue weighted by Gasteiger charge is -2.04. The van der Waals surface area contributed by atoms with E-state index in [-0.39, 0.29) is 12.5 Å². The second-order valence-corrected chi connectivity index (χ2v) is 4.19. The predicted octanol–water partition coefficient (Wildman–Crippen LogP) is 0.856. The van der Waals surface area contributed by atoms with Crippen molar-refractivity contribution in [3.63, 3.8) is 0 Å². The summed E-state index contributed by atoms with van der Waals surface area (Å²) in [6.45, 7) is 1.83. The Balaban J connectivity index is 2.02. The maximum Gasteiger partial charge on any atom is 0.426 e. The van der Waals surface area contributed by atoms with Crippen LogP contribution in [0.25, 0.3) is 0 Å². The number of H-pyrrole nitrogens is 1. The van der Waals surface area contributed by atoms with E-state index in [1.165, 1.54) is 4.68 Å². The summed E-state index contributed by atoms with van der Waals surface area (Å²) in [7, 11) is 0. The number of nitrogens with zero attached hydrogens (tertiary/aromatic N) is 1. The van der Waals surface area contributed by atoms with E-state index in [2.05, 4.69) is 15.1 Å². The highest BCUT2D eigenvalue weighted by Gasteiger charge is 2.13. The summed E-state index contributed by atoms with van der Waals surface area (Å²) in [4.78, 5) is 22.4. The average Bonchev–Trinajstić information content (AvgIpc) is 2.69. The molecule has 0 aliphatic carbocycles. The Morgan fingerprint density at radius 3 is 2.94 bits per heavy atom. The highest BCUT2D eigenvalue weighted by atomic mass is 35.5. The molecule has 1 heterocycles. The smallest absolute Gasteiger partial charge is 0.320 e. The van der Waals surface area contributed by atoms with E-state index >= 15 is 0 Å². The van der Waals surface area contributed by atoms with Gasteiger partial charge >= 0.3 is 5.63 Å². The first kappa shape index (κ1) is 12.4. The quantitative estimate of drug-likeness (QED) is 0.810. The lowest BCUT2D eigenvalue weighted by molar-refractivity contribution is -0.750. The van der Waals surface area contributed by atoms with Gasteiger partial charge in [-0.05, 0) is 29.9 Å². The highest BCUT2D eigenvalue weighted by Crippen LogP contribution is 2.19. The second-order valence-electron chi connectivity index (χ2n) is 3.78. The number of aromatic amines is 1. The van der Waals surface area contributed by atoms with E-state index in [0.717, 1.165) is 11.8 Å². The van der Waals surface area contributed by atoms with Crippen molar-refractivity contribution in [2.75, 3.05) is 5.32 Å². The molecule has 0 saturated carbocycles. The number of carbonyl (C=O) groups excluding carboxylic acids is 1. The van der Waals surface area contributed by atoms with Crippen LogP contribution in [0.15, 0.2) is 33.7 Å². The van der Waals surface area contributed by atoms with Gasteiger partial charge in [0, 0.05) is 10.7 Å². The summed E-state index contributed by atoms with van der Waals surface area (Å²) in [6, 6.07) is 5.23. The van der Waals surface area contributed by atoms with Gasteiger partial charge in [0.1, 0.15) is 0 Å². The first-order chi connectivity index (χ1) is 8.54. The monoisotopic (exact) mass is 268 g/mol. The second kappa shape index (κ2) is 5.05. The van der Waals surface area contributed by atoms with Crippen molar-refractivity contribution >= 4 is 23.2 Å². The van der Waals surface area contributed by atoms with Crippen molar-refractivity contribution in [2.45, 2.75) is 13.5 Å². The number of halogens is 1. The highest BCUT2D eigenvalue weighted by molar-refractivity contribution is 6.31. The number of nitrogens with one attached hydrogen (secondary N) is 2. The lowest BCUT2D eigenvalue weighted by atomic mass is 10.2. The molecule has 0 bridgehead atoms.